The van der Waals surface area contributed by atoms with Crippen LogP contribution in [0.3, 0.4) is 0 Å². The highest BCUT2D eigenvalue weighted by Crippen LogP contribution is 2.34. The largest absolute Gasteiger partial charge is 0.496 e. The molecule has 1 saturated carbocycles. The minimum absolute atomic E-state index is 0.455. The van der Waals surface area contributed by atoms with Crippen LogP contribution in [0.1, 0.15) is 31.2 Å². The molecule has 0 aliphatic heterocycles. The lowest BCUT2D eigenvalue weighted by molar-refractivity contribution is 0.321. The third kappa shape index (κ3) is 5.90. The number of methoxy groups -OCH3 is 3. The fraction of sp³-hybridized carbons (Fsp3) is 0.464. The van der Waals surface area contributed by atoms with Crippen molar-refractivity contribution in [3.63, 3.8) is 0 Å². The zero-order valence-corrected chi connectivity index (χ0v) is 21.6. The first-order valence-corrected chi connectivity index (χ1v) is 12.4. The monoisotopic (exact) mass is 478 g/mol. The van der Waals surface area contributed by atoms with Crippen molar-refractivity contribution in [1.29, 1.82) is 0 Å². The zero-order chi connectivity index (χ0) is 24.8. The summed E-state index contributed by atoms with van der Waals surface area (Å²) in [6.45, 7) is 1.67. The molecule has 1 aliphatic carbocycles. The molecule has 1 heterocycles. The second-order valence-electron chi connectivity index (χ2n) is 9.44. The van der Waals surface area contributed by atoms with Crippen molar-refractivity contribution in [2.75, 3.05) is 52.2 Å². The van der Waals surface area contributed by atoms with Crippen molar-refractivity contribution in [2.45, 2.75) is 38.3 Å². The fourth-order valence-electron chi connectivity index (χ4n) is 4.97. The van der Waals surface area contributed by atoms with Crippen molar-refractivity contribution in [3.8, 4) is 17.2 Å². The van der Waals surface area contributed by atoms with Gasteiger partial charge in [0.2, 0.25) is 0 Å². The Balaban J connectivity index is 1.31. The Morgan fingerprint density at radius 3 is 2.23 bits per heavy atom. The van der Waals surface area contributed by atoms with Gasteiger partial charge in [0.25, 0.3) is 0 Å². The smallest absolute Gasteiger partial charge is 0.130 e. The topological polar surface area (TPSA) is 67.9 Å². The number of aromatic nitrogens is 1. The van der Waals surface area contributed by atoms with Gasteiger partial charge in [-0.05, 0) is 44.2 Å². The molecule has 1 fully saturated rings. The van der Waals surface area contributed by atoms with E-state index < -0.39 is 0 Å². The van der Waals surface area contributed by atoms with Crippen LogP contribution in [0, 0.1) is 5.92 Å². The van der Waals surface area contributed by atoms with E-state index in [0.29, 0.717) is 18.5 Å². The summed E-state index contributed by atoms with van der Waals surface area (Å²) in [5.41, 5.74) is 3.24. The summed E-state index contributed by atoms with van der Waals surface area (Å²) in [5.74, 6) is 3.91. The van der Waals surface area contributed by atoms with Gasteiger partial charge in [0, 0.05) is 56.0 Å². The molecule has 188 valence electrons. The van der Waals surface area contributed by atoms with Crippen molar-refractivity contribution >= 4 is 22.4 Å². The van der Waals surface area contributed by atoms with Crippen molar-refractivity contribution in [3.05, 3.63) is 48.0 Å². The van der Waals surface area contributed by atoms with Crippen LogP contribution in [-0.2, 0) is 6.54 Å². The van der Waals surface area contributed by atoms with Crippen LogP contribution < -0.4 is 29.7 Å². The average Bonchev–Trinajstić information content (AvgIpc) is 2.88. The molecule has 7 nitrogen and oxygen atoms in total. The van der Waals surface area contributed by atoms with Gasteiger partial charge in [-0.1, -0.05) is 18.2 Å². The SMILES string of the molecule is COc1cc(OC)c(CNCC2CCC(Nc3cc(N(C)C)c4ccccc4n3)CC2)c(OC)c1. The first kappa shape index (κ1) is 24.9. The molecule has 0 radical (unpaired) electrons. The van der Waals surface area contributed by atoms with E-state index in [9.17, 15) is 0 Å². The summed E-state index contributed by atoms with van der Waals surface area (Å²) >= 11 is 0. The highest BCUT2D eigenvalue weighted by molar-refractivity contribution is 5.93. The number of benzene rings is 2. The molecule has 0 amide bonds. The van der Waals surface area contributed by atoms with Gasteiger partial charge in [-0.3, -0.25) is 0 Å². The molecule has 1 aliphatic rings. The third-order valence-corrected chi connectivity index (χ3v) is 6.93. The van der Waals surface area contributed by atoms with Crippen LogP contribution in [0.5, 0.6) is 17.2 Å². The maximum absolute atomic E-state index is 5.58. The average molecular weight is 479 g/mol. The number of rotatable bonds is 10. The van der Waals surface area contributed by atoms with E-state index in [-0.39, 0.29) is 0 Å². The second-order valence-corrected chi connectivity index (χ2v) is 9.44. The predicted molar refractivity (Wildman–Crippen MR) is 143 cm³/mol. The van der Waals surface area contributed by atoms with E-state index in [2.05, 4.69) is 53.9 Å². The molecule has 0 saturated heterocycles. The number of anilines is 2. The number of nitrogens with zero attached hydrogens (tertiary/aromatic N) is 2. The number of ether oxygens (including phenoxy) is 3. The minimum atomic E-state index is 0.455. The molecule has 2 N–H and O–H groups in total. The number of hydrogen-bond donors (Lipinski definition) is 2. The molecule has 7 heteroatoms. The van der Waals surface area contributed by atoms with Gasteiger partial charge in [0.15, 0.2) is 0 Å². The molecule has 0 bridgehead atoms. The molecular weight excluding hydrogens is 440 g/mol. The molecule has 35 heavy (non-hydrogen) atoms. The summed E-state index contributed by atoms with van der Waals surface area (Å²) in [6, 6.07) is 14.8. The van der Waals surface area contributed by atoms with Gasteiger partial charge in [-0.25, -0.2) is 4.98 Å². The van der Waals surface area contributed by atoms with Gasteiger partial charge in [-0.15, -0.1) is 0 Å². The number of nitrogens with one attached hydrogen (secondary N) is 2. The minimum Gasteiger partial charge on any atom is -0.496 e. The maximum atomic E-state index is 5.58. The highest BCUT2D eigenvalue weighted by Gasteiger charge is 2.22. The van der Waals surface area contributed by atoms with Crippen LogP contribution in [0.15, 0.2) is 42.5 Å². The molecule has 3 aromatic rings. The zero-order valence-electron chi connectivity index (χ0n) is 21.6. The quantitative estimate of drug-likeness (QED) is 0.421. The molecule has 1 aromatic heterocycles. The number of para-hydroxylation sites is 1. The van der Waals surface area contributed by atoms with Crippen LogP contribution in [0.4, 0.5) is 11.5 Å². The molecule has 0 unspecified atom stereocenters. The van der Waals surface area contributed by atoms with Crippen molar-refractivity contribution < 1.29 is 14.2 Å². The lowest BCUT2D eigenvalue weighted by atomic mass is 9.86. The summed E-state index contributed by atoms with van der Waals surface area (Å²) in [4.78, 5) is 7.03. The standard InChI is InChI=1S/C28H38N4O3/c1-32(2)25-16-28(31-24-9-7-6-8-22(24)25)30-20-12-10-19(11-13-20)17-29-18-23-26(34-4)14-21(33-3)15-27(23)35-5/h6-9,14-16,19-20,29H,10-13,17-18H2,1-5H3,(H,30,31). The van der Waals surface area contributed by atoms with Crippen molar-refractivity contribution in [2.24, 2.45) is 5.92 Å². The van der Waals surface area contributed by atoms with Crippen LogP contribution in [-0.4, -0.2) is 53.0 Å². The molecule has 0 spiro atoms. The van der Waals surface area contributed by atoms with Crippen molar-refractivity contribution in [1.82, 2.24) is 10.3 Å². The maximum Gasteiger partial charge on any atom is 0.130 e. The Labute approximate surface area is 208 Å². The molecule has 4 rings (SSSR count). The van der Waals surface area contributed by atoms with Gasteiger partial charge in [0.05, 0.1) is 32.4 Å². The Hall–Kier alpha value is -3.19. The normalized spacial score (nSPS) is 17.7. The Bertz CT molecular complexity index is 1100. The van der Waals surface area contributed by atoms with Gasteiger partial charge >= 0.3 is 0 Å². The second kappa shape index (κ2) is 11.5. The summed E-state index contributed by atoms with van der Waals surface area (Å²) in [7, 11) is 9.17. The lowest BCUT2D eigenvalue weighted by Gasteiger charge is -2.30. The van der Waals surface area contributed by atoms with Gasteiger partial charge in [0.1, 0.15) is 23.1 Å². The third-order valence-electron chi connectivity index (χ3n) is 6.93. The van der Waals surface area contributed by atoms with E-state index in [0.717, 1.165) is 53.5 Å². The van der Waals surface area contributed by atoms with E-state index in [1.807, 2.05) is 18.2 Å². The van der Waals surface area contributed by atoms with Crippen LogP contribution in [0.25, 0.3) is 10.9 Å². The Morgan fingerprint density at radius 1 is 0.914 bits per heavy atom. The first-order chi connectivity index (χ1) is 17.0. The summed E-state index contributed by atoms with van der Waals surface area (Å²) in [6.07, 6.45) is 4.67. The van der Waals surface area contributed by atoms with E-state index >= 15 is 0 Å². The predicted octanol–water partition coefficient (Wildman–Crippen LogP) is 5.09. The number of hydrogen-bond acceptors (Lipinski definition) is 7. The van der Waals surface area contributed by atoms with Crippen LogP contribution >= 0.6 is 0 Å². The van der Waals surface area contributed by atoms with Gasteiger partial charge < -0.3 is 29.7 Å². The van der Waals surface area contributed by atoms with Crippen LogP contribution in [0.2, 0.25) is 0 Å². The van der Waals surface area contributed by atoms with E-state index in [1.54, 1.807) is 21.3 Å². The van der Waals surface area contributed by atoms with E-state index in [4.69, 9.17) is 19.2 Å². The molecule has 2 aromatic carbocycles. The first-order valence-electron chi connectivity index (χ1n) is 12.4. The highest BCUT2D eigenvalue weighted by atomic mass is 16.5. The Morgan fingerprint density at radius 2 is 1.60 bits per heavy atom. The Kier molecular flexibility index (Phi) is 8.18. The van der Waals surface area contributed by atoms with E-state index in [1.165, 1.54) is 23.9 Å². The number of pyridine rings is 1. The number of fused-ring (bicyclic) bond motifs is 1. The lowest BCUT2D eigenvalue weighted by Crippen LogP contribution is -2.31. The molecular formula is C28H38N4O3. The fourth-order valence-corrected chi connectivity index (χ4v) is 4.97. The van der Waals surface area contributed by atoms with Gasteiger partial charge in [-0.2, -0.15) is 0 Å². The summed E-state index contributed by atoms with van der Waals surface area (Å²) < 4.78 is 16.5. The molecule has 0 atom stereocenters. The summed E-state index contributed by atoms with van der Waals surface area (Å²) in [5, 5.41) is 8.52.